The molecule has 3 rings (SSSR count). The molecule has 0 saturated carbocycles. The zero-order valence-electron chi connectivity index (χ0n) is 12.0. The number of rotatable bonds is 3. The summed E-state index contributed by atoms with van der Waals surface area (Å²) < 4.78 is 17.2. The van der Waals surface area contributed by atoms with Crippen LogP contribution in [0.4, 0.5) is 0 Å². The Bertz CT molecular complexity index is 475. The van der Waals surface area contributed by atoms with E-state index in [1.165, 1.54) is 6.33 Å². The van der Waals surface area contributed by atoms with Crippen LogP contribution in [0.1, 0.15) is 24.8 Å². The number of nitrogens with zero attached hydrogens (tertiary/aromatic N) is 2. The second kappa shape index (κ2) is 5.54. The maximum absolute atomic E-state index is 6.02. The summed E-state index contributed by atoms with van der Waals surface area (Å²) >= 11 is 0. The van der Waals surface area contributed by atoms with Crippen molar-refractivity contribution in [2.24, 2.45) is 0 Å². The van der Waals surface area contributed by atoms with Crippen molar-refractivity contribution in [3.05, 3.63) is 11.9 Å². The molecule has 1 aromatic heterocycles. The van der Waals surface area contributed by atoms with Gasteiger partial charge in [-0.3, -0.25) is 0 Å². The predicted molar refractivity (Wildman–Crippen MR) is 73.1 cm³/mol. The molecule has 1 unspecified atom stereocenters. The second-order valence-electron chi connectivity index (χ2n) is 5.50. The Balaban J connectivity index is 1.67. The smallest absolute Gasteiger partial charge is 0.223 e. The number of methoxy groups -OCH3 is 1. The third kappa shape index (κ3) is 2.58. The van der Waals surface area contributed by atoms with Crippen molar-refractivity contribution in [3.8, 4) is 11.8 Å². The van der Waals surface area contributed by atoms with Crippen LogP contribution in [0.3, 0.4) is 0 Å². The van der Waals surface area contributed by atoms with Gasteiger partial charge in [0.05, 0.1) is 24.9 Å². The Morgan fingerprint density at radius 2 is 2.05 bits per heavy atom. The molecule has 2 aliphatic rings. The minimum atomic E-state index is 0.000931. The van der Waals surface area contributed by atoms with E-state index in [4.69, 9.17) is 14.2 Å². The Morgan fingerprint density at radius 3 is 2.80 bits per heavy atom. The van der Waals surface area contributed by atoms with Crippen LogP contribution in [0.15, 0.2) is 6.33 Å². The van der Waals surface area contributed by atoms with Crippen molar-refractivity contribution in [2.75, 3.05) is 26.8 Å². The molecule has 0 aromatic carbocycles. The van der Waals surface area contributed by atoms with Gasteiger partial charge in [0.15, 0.2) is 0 Å². The average molecular weight is 279 g/mol. The fraction of sp³-hybridized carbons (Fsp3) is 0.714. The van der Waals surface area contributed by atoms with E-state index in [1.807, 2.05) is 6.92 Å². The fourth-order valence-electron chi connectivity index (χ4n) is 3.01. The zero-order valence-corrected chi connectivity index (χ0v) is 12.0. The zero-order chi connectivity index (χ0) is 14.0. The first kappa shape index (κ1) is 13.6. The van der Waals surface area contributed by atoms with Crippen LogP contribution in [-0.4, -0.2) is 48.5 Å². The van der Waals surface area contributed by atoms with E-state index < -0.39 is 0 Å². The van der Waals surface area contributed by atoms with E-state index in [0.29, 0.717) is 18.4 Å². The molecule has 1 N–H and O–H groups in total. The summed E-state index contributed by atoms with van der Waals surface area (Å²) in [4.78, 5) is 8.27. The summed E-state index contributed by atoms with van der Waals surface area (Å²) in [7, 11) is 1.60. The monoisotopic (exact) mass is 279 g/mol. The van der Waals surface area contributed by atoms with Crippen LogP contribution in [0, 0.1) is 6.92 Å². The van der Waals surface area contributed by atoms with Gasteiger partial charge in [-0.15, -0.1) is 0 Å². The van der Waals surface area contributed by atoms with Crippen LogP contribution >= 0.6 is 0 Å². The van der Waals surface area contributed by atoms with Gasteiger partial charge in [0.25, 0.3) is 0 Å². The van der Waals surface area contributed by atoms with E-state index in [1.54, 1.807) is 7.11 Å². The van der Waals surface area contributed by atoms with Gasteiger partial charge in [0.2, 0.25) is 11.8 Å². The van der Waals surface area contributed by atoms with Crippen LogP contribution in [0.25, 0.3) is 0 Å². The highest BCUT2D eigenvalue weighted by Crippen LogP contribution is 2.36. The van der Waals surface area contributed by atoms with Crippen molar-refractivity contribution in [1.29, 1.82) is 0 Å². The Hall–Kier alpha value is -1.40. The molecule has 6 heteroatoms. The largest absolute Gasteiger partial charge is 0.481 e. The van der Waals surface area contributed by atoms with Crippen LogP contribution in [0.5, 0.6) is 11.8 Å². The van der Waals surface area contributed by atoms with Gasteiger partial charge < -0.3 is 19.5 Å². The number of ether oxygens (including phenoxy) is 3. The minimum Gasteiger partial charge on any atom is -0.481 e. The molecule has 2 saturated heterocycles. The van der Waals surface area contributed by atoms with Crippen LogP contribution < -0.4 is 14.8 Å². The van der Waals surface area contributed by atoms with E-state index in [-0.39, 0.29) is 11.7 Å². The normalized spacial score (nSPS) is 24.8. The summed E-state index contributed by atoms with van der Waals surface area (Å²) in [6.07, 6.45) is 4.57. The summed E-state index contributed by atoms with van der Waals surface area (Å²) in [5.41, 5.74) is 0.835. The summed E-state index contributed by atoms with van der Waals surface area (Å²) in [6, 6.07) is 0. The van der Waals surface area contributed by atoms with E-state index in [9.17, 15) is 0 Å². The molecular weight excluding hydrogens is 258 g/mol. The number of aromatic nitrogens is 2. The van der Waals surface area contributed by atoms with Gasteiger partial charge in [-0.05, 0) is 32.9 Å². The van der Waals surface area contributed by atoms with E-state index in [2.05, 4.69) is 15.3 Å². The lowest BCUT2D eigenvalue weighted by molar-refractivity contribution is -0.0206. The van der Waals surface area contributed by atoms with Gasteiger partial charge in [-0.1, -0.05) is 0 Å². The van der Waals surface area contributed by atoms with Gasteiger partial charge in [0, 0.05) is 6.42 Å². The minimum absolute atomic E-state index is 0.000931. The van der Waals surface area contributed by atoms with Crippen molar-refractivity contribution in [1.82, 2.24) is 15.3 Å². The molecule has 110 valence electrons. The molecule has 6 nitrogen and oxygen atoms in total. The summed E-state index contributed by atoms with van der Waals surface area (Å²) in [5.74, 6) is 1.15. The molecule has 1 atom stereocenters. The first-order chi connectivity index (χ1) is 9.72. The lowest BCUT2D eigenvalue weighted by atomic mass is 9.89. The molecule has 2 aliphatic heterocycles. The van der Waals surface area contributed by atoms with Gasteiger partial charge in [-0.25, -0.2) is 9.97 Å². The Morgan fingerprint density at radius 1 is 1.30 bits per heavy atom. The average Bonchev–Trinajstić information content (AvgIpc) is 2.84. The quantitative estimate of drug-likeness (QED) is 0.893. The van der Waals surface area contributed by atoms with E-state index in [0.717, 1.165) is 37.9 Å². The highest BCUT2D eigenvalue weighted by molar-refractivity contribution is 5.32. The molecule has 0 bridgehead atoms. The molecule has 1 aromatic rings. The topological polar surface area (TPSA) is 65.5 Å². The third-order valence-corrected chi connectivity index (χ3v) is 4.15. The molecule has 1 spiro atoms. The second-order valence-corrected chi connectivity index (χ2v) is 5.50. The SMILES string of the molecule is COc1ncnc(OC2COC3(CCNCC3)C2)c1C. The van der Waals surface area contributed by atoms with Crippen molar-refractivity contribution in [3.63, 3.8) is 0 Å². The van der Waals surface area contributed by atoms with Crippen molar-refractivity contribution in [2.45, 2.75) is 37.9 Å². The van der Waals surface area contributed by atoms with Gasteiger partial charge in [-0.2, -0.15) is 0 Å². The molecule has 3 heterocycles. The van der Waals surface area contributed by atoms with Crippen LogP contribution in [-0.2, 0) is 4.74 Å². The lowest BCUT2D eigenvalue weighted by Crippen LogP contribution is -2.41. The highest BCUT2D eigenvalue weighted by Gasteiger charge is 2.42. The number of nitrogens with one attached hydrogen (secondary N) is 1. The maximum atomic E-state index is 6.02. The number of piperidine rings is 1. The summed E-state index contributed by atoms with van der Waals surface area (Å²) in [5, 5.41) is 3.37. The first-order valence-corrected chi connectivity index (χ1v) is 7.09. The van der Waals surface area contributed by atoms with Crippen molar-refractivity contribution < 1.29 is 14.2 Å². The van der Waals surface area contributed by atoms with Crippen molar-refractivity contribution >= 4 is 0 Å². The fourth-order valence-corrected chi connectivity index (χ4v) is 3.01. The lowest BCUT2D eigenvalue weighted by Gasteiger charge is -2.32. The molecule has 0 amide bonds. The molecular formula is C14H21N3O3. The first-order valence-electron chi connectivity index (χ1n) is 7.09. The Labute approximate surface area is 118 Å². The molecule has 0 radical (unpaired) electrons. The van der Waals surface area contributed by atoms with Crippen LogP contribution in [0.2, 0.25) is 0 Å². The van der Waals surface area contributed by atoms with E-state index >= 15 is 0 Å². The molecule has 2 fully saturated rings. The Kier molecular flexibility index (Phi) is 3.76. The number of hydrogen-bond donors (Lipinski definition) is 1. The summed E-state index contributed by atoms with van der Waals surface area (Å²) in [6.45, 7) is 4.58. The molecule has 0 aliphatic carbocycles. The number of hydrogen-bond acceptors (Lipinski definition) is 6. The van der Waals surface area contributed by atoms with Gasteiger partial charge in [0.1, 0.15) is 12.4 Å². The highest BCUT2D eigenvalue weighted by atomic mass is 16.6. The maximum Gasteiger partial charge on any atom is 0.223 e. The third-order valence-electron chi connectivity index (χ3n) is 4.15. The molecule has 20 heavy (non-hydrogen) atoms. The predicted octanol–water partition coefficient (Wildman–Crippen LogP) is 1.08. The van der Waals surface area contributed by atoms with Gasteiger partial charge >= 0.3 is 0 Å². The standard InChI is InChI=1S/C14H21N3O3/c1-10-12(18-2)16-9-17-13(10)20-11-7-14(19-8-11)3-5-15-6-4-14/h9,11,15H,3-8H2,1-2H3.